The van der Waals surface area contributed by atoms with Crippen LogP contribution >= 0.6 is 15.9 Å². The summed E-state index contributed by atoms with van der Waals surface area (Å²) in [6.45, 7) is 2.14. The van der Waals surface area contributed by atoms with Crippen molar-refractivity contribution in [3.05, 3.63) is 33.7 Å². The number of aromatic nitrogens is 2. The topological polar surface area (TPSA) is 45.8 Å². The fourth-order valence-corrected chi connectivity index (χ4v) is 4.73. The number of carbonyl (C=O) groups is 1. The Morgan fingerprint density at radius 1 is 1.52 bits per heavy atom. The fourth-order valence-electron chi connectivity index (χ4n) is 3.90. The molecule has 108 valence electrons. The maximum atomic E-state index is 14.3. The van der Waals surface area contributed by atoms with Crippen LogP contribution in [0.3, 0.4) is 0 Å². The molecule has 1 aromatic heterocycles. The summed E-state index contributed by atoms with van der Waals surface area (Å²) in [5, 5.41) is 7.55. The second kappa shape index (κ2) is 4.26. The van der Waals surface area contributed by atoms with E-state index in [1.165, 1.54) is 0 Å². The first kappa shape index (κ1) is 13.2. The lowest BCUT2D eigenvalue weighted by Gasteiger charge is -2.34. The number of ketones is 1. The molecule has 0 saturated heterocycles. The van der Waals surface area contributed by atoms with Crippen molar-refractivity contribution in [2.24, 2.45) is 5.41 Å². The molecule has 1 atom stereocenters. The first-order chi connectivity index (χ1) is 10.1. The zero-order valence-electron chi connectivity index (χ0n) is 11.6. The third-order valence-electron chi connectivity index (χ3n) is 5.09. The number of Topliss-reactive ketones (excluding diaryl/α,β-unsaturated/α-hetero) is 1. The van der Waals surface area contributed by atoms with Crippen LogP contribution in [0.2, 0.25) is 0 Å². The summed E-state index contributed by atoms with van der Waals surface area (Å²) in [5.74, 6) is -0.186. The molecule has 0 spiro atoms. The molecule has 0 radical (unpaired) electrons. The number of carbonyl (C=O) groups excluding carboxylic acids is 1. The number of fused-ring (bicyclic) bond motifs is 5. The van der Waals surface area contributed by atoms with Gasteiger partial charge in [0.15, 0.2) is 5.78 Å². The van der Waals surface area contributed by atoms with Crippen LogP contribution in [-0.2, 0) is 11.2 Å². The number of hydrogen-bond acceptors (Lipinski definition) is 2. The molecule has 0 fully saturated rings. The third-order valence-corrected chi connectivity index (χ3v) is 5.92. The molecule has 5 heteroatoms. The smallest absolute Gasteiger partial charge is 0.170 e. The van der Waals surface area contributed by atoms with Crippen LogP contribution in [0.5, 0.6) is 0 Å². The minimum absolute atomic E-state index is 0.0485. The van der Waals surface area contributed by atoms with E-state index in [9.17, 15) is 9.18 Å². The van der Waals surface area contributed by atoms with Gasteiger partial charge in [0.05, 0.1) is 10.7 Å². The van der Waals surface area contributed by atoms with E-state index in [-0.39, 0.29) is 17.0 Å². The number of H-pyrrole nitrogens is 1. The standard InChI is InChI=1S/C16H14BrFN2O/c1-2-16-4-3-12(21)14(17)13(16)8-5-11(18)15-10(7-19-20-15)9(8)6-16/h5,7H,2-4,6H2,1H3,(H,19,20). The van der Waals surface area contributed by atoms with E-state index in [0.717, 1.165) is 41.3 Å². The summed E-state index contributed by atoms with van der Waals surface area (Å²) in [5.41, 5.74) is 3.40. The monoisotopic (exact) mass is 348 g/mol. The molecule has 4 rings (SSSR count). The van der Waals surface area contributed by atoms with Crippen LogP contribution in [0.4, 0.5) is 4.39 Å². The van der Waals surface area contributed by atoms with Crippen molar-refractivity contribution >= 4 is 38.2 Å². The largest absolute Gasteiger partial charge is 0.294 e. The van der Waals surface area contributed by atoms with Crippen molar-refractivity contribution in [1.29, 1.82) is 0 Å². The Kier molecular flexibility index (Phi) is 2.67. The van der Waals surface area contributed by atoms with E-state index in [0.29, 0.717) is 16.4 Å². The summed E-state index contributed by atoms with van der Waals surface area (Å²) in [4.78, 5) is 12.1. The molecule has 2 aromatic rings. The number of allylic oxidation sites excluding steroid dienone is 2. The second-order valence-electron chi connectivity index (χ2n) is 5.97. The van der Waals surface area contributed by atoms with Crippen LogP contribution in [0.25, 0.3) is 16.5 Å². The van der Waals surface area contributed by atoms with E-state index in [2.05, 4.69) is 33.1 Å². The van der Waals surface area contributed by atoms with E-state index in [4.69, 9.17) is 0 Å². The van der Waals surface area contributed by atoms with Crippen LogP contribution in [-0.4, -0.2) is 16.0 Å². The molecule has 1 N–H and O–H groups in total. The van der Waals surface area contributed by atoms with Gasteiger partial charge < -0.3 is 0 Å². The Labute approximate surface area is 129 Å². The molecular weight excluding hydrogens is 335 g/mol. The summed E-state index contributed by atoms with van der Waals surface area (Å²) < 4.78 is 14.9. The van der Waals surface area contributed by atoms with Crippen molar-refractivity contribution in [3.63, 3.8) is 0 Å². The van der Waals surface area contributed by atoms with E-state index in [1.807, 2.05) is 0 Å². The lowest BCUT2D eigenvalue weighted by atomic mass is 9.71. The van der Waals surface area contributed by atoms with Gasteiger partial charge in [-0.15, -0.1) is 0 Å². The molecule has 1 aromatic carbocycles. The molecule has 0 amide bonds. The summed E-state index contributed by atoms with van der Waals surface area (Å²) in [7, 11) is 0. The first-order valence-corrected chi connectivity index (χ1v) is 7.95. The van der Waals surface area contributed by atoms with Crippen LogP contribution in [0.1, 0.15) is 37.3 Å². The van der Waals surface area contributed by atoms with Crippen molar-refractivity contribution in [3.8, 4) is 0 Å². The Hall–Kier alpha value is -1.49. The quantitative estimate of drug-likeness (QED) is 0.842. The highest BCUT2D eigenvalue weighted by atomic mass is 79.9. The van der Waals surface area contributed by atoms with Gasteiger partial charge in [-0.1, -0.05) is 6.92 Å². The minimum Gasteiger partial charge on any atom is -0.294 e. The predicted molar refractivity (Wildman–Crippen MR) is 82.6 cm³/mol. The average Bonchev–Trinajstić information content (AvgIpc) is 3.07. The van der Waals surface area contributed by atoms with Crippen molar-refractivity contribution in [2.75, 3.05) is 0 Å². The normalized spacial score (nSPS) is 24.6. The van der Waals surface area contributed by atoms with Crippen molar-refractivity contribution in [1.82, 2.24) is 10.2 Å². The summed E-state index contributed by atoms with van der Waals surface area (Å²) >= 11 is 3.47. The number of aromatic amines is 1. The minimum atomic E-state index is -0.307. The van der Waals surface area contributed by atoms with Crippen molar-refractivity contribution < 1.29 is 9.18 Å². The summed E-state index contributed by atoms with van der Waals surface area (Å²) in [6.07, 6.45) is 4.88. The fraction of sp³-hybridized carbons (Fsp3) is 0.375. The van der Waals surface area contributed by atoms with Gasteiger partial charge in [-0.3, -0.25) is 9.89 Å². The lowest BCUT2D eigenvalue weighted by Crippen LogP contribution is -2.26. The molecule has 0 aliphatic heterocycles. The molecule has 0 bridgehead atoms. The molecule has 0 saturated carbocycles. The number of hydrogen-bond donors (Lipinski definition) is 1. The Morgan fingerprint density at radius 3 is 3.10 bits per heavy atom. The highest BCUT2D eigenvalue weighted by Gasteiger charge is 2.46. The molecule has 3 nitrogen and oxygen atoms in total. The van der Waals surface area contributed by atoms with Crippen molar-refractivity contribution in [2.45, 2.75) is 32.6 Å². The third kappa shape index (κ3) is 1.58. The van der Waals surface area contributed by atoms with E-state index in [1.54, 1.807) is 12.3 Å². The highest BCUT2D eigenvalue weighted by molar-refractivity contribution is 9.12. The number of halogens is 2. The van der Waals surface area contributed by atoms with Gasteiger partial charge in [0, 0.05) is 17.2 Å². The highest BCUT2D eigenvalue weighted by Crippen LogP contribution is 2.57. The lowest BCUT2D eigenvalue weighted by molar-refractivity contribution is -0.115. The van der Waals surface area contributed by atoms with Crippen LogP contribution < -0.4 is 0 Å². The van der Waals surface area contributed by atoms with Gasteiger partial charge >= 0.3 is 0 Å². The zero-order valence-corrected chi connectivity index (χ0v) is 13.2. The van der Waals surface area contributed by atoms with Gasteiger partial charge in [0.25, 0.3) is 0 Å². The molecular formula is C16H14BrFN2O. The van der Waals surface area contributed by atoms with E-state index >= 15 is 0 Å². The maximum absolute atomic E-state index is 14.3. The number of nitrogens with one attached hydrogen (secondary N) is 1. The van der Waals surface area contributed by atoms with Gasteiger partial charge in [0.2, 0.25) is 0 Å². The maximum Gasteiger partial charge on any atom is 0.170 e. The Balaban J connectivity index is 2.10. The predicted octanol–water partition coefficient (Wildman–Crippen LogP) is 4.12. The molecule has 2 aliphatic rings. The average molecular weight is 349 g/mol. The molecule has 21 heavy (non-hydrogen) atoms. The molecule has 1 unspecified atom stereocenters. The first-order valence-electron chi connectivity index (χ1n) is 7.15. The summed E-state index contributed by atoms with van der Waals surface area (Å²) in [6, 6.07) is 1.56. The van der Waals surface area contributed by atoms with Gasteiger partial charge in [0.1, 0.15) is 11.3 Å². The number of nitrogens with zero attached hydrogens (tertiary/aromatic N) is 1. The van der Waals surface area contributed by atoms with Gasteiger partial charge in [-0.05, 0) is 58.0 Å². The van der Waals surface area contributed by atoms with Crippen LogP contribution in [0, 0.1) is 11.2 Å². The second-order valence-corrected chi connectivity index (χ2v) is 6.76. The SMILES string of the molecule is CCC12CCC(=O)C(Br)=C1c1cc(F)c3[nH]ncc3c1C2. The molecule has 2 aliphatic carbocycles. The van der Waals surface area contributed by atoms with E-state index < -0.39 is 0 Å². The van der Waals surface area contributed by atoms with Gasteiger partial charge in [-0.2, -0.15) is 5.10 Å². The van der Waals surface area contributed by atoms with Crippen LogP contribution in [0.15, 0.2) is 16.7 Å². The Morgan fingerprint density at radius 2 is 2.33 bits per heavy atom. The zero-order chi connectivity index (χ0) is 14.8. The number of rotatable bonds is 1. The number of benzene rings is 1. The molecule has 1 heterocycles. The Bertz CT molecular complexity index is 823. The van der Waals surface area contributed by atoms with Gasteiger partial charge in [-0.25, -0.2) is 4.39 Å².